The molecule has 11 heteroatoms. The molecule has 3 atom stereocenters. The number of amides is 1. The van der Waals surface area contributed by atoms with Crippen molar-refractivity contribution < 1.29 is 42.1 Å². The van der Waals surface area contributed by atoms with Gasteiger partial charge in [0.2, 0.25) is 5.67 Å². The van der Waals surface area contributed by atoms with Crippen LogP contribution in [0.25, 0.3) is 5.57 Å². The largest absolute Gasteiger partial charge is 0.493 e. The van der Waals surface area contributed by atoms with Gasteiger partial charge in [-0.2, -0.15) is 13.2 Å². The number of allylic oxidation sites excluding steroid dienone is 3. The molecular weight excluding hydrogens is 544 g/mol. The molecule has 1 aromatic rings. The standard InChI is InChI=1S/C30H36F4N2O5/c31-29(27(40)36-17-22(37)16-25(36)26(38)39)13-2-1-4-24(29)21-5-7-23(8-6-21)41-18-20-9-14-35(15-10-20)19-28(11-3-12-28)30(32,33)34/h1-2,4-8,20,22,25,37H,3,9-19H2,(H,38,39). The third kappa shape index (κ3) is 5.88. The first-order valence-electron chi connectivity index (χ1n) is 14.2. The number of rotatable bonds is 8. The third-order valence-electron chi connectivity index (χ3n) is 9.19. The third-order valence-corrected chi connectivity index (χ3v) is 9.19. The average molecular weight is 581 g/mol. The van der Waals surface area contributed by atoms with Crippen LogP contribution in [0.3, 0.4) is 0 Å². The monoisotopic (exact) mass is 580 g/mol. The summed E-state index contributed by atoms with van der Waals surface area (Å²) in [4.78, 5) is 27.8. The van der Waals surface area contributed by atoms with Crippen molar-refractivity contribution in [3.8, 4) is 5.75 Å². The molecule has 1 saturated carbocycles. The van der Waals surface area contributed by atoms with Crippen molar-refractivity contribution in [3.05, 3.63) is 48.1 Å². The van der Waals surface area contributed by atoms with Crippen LogP contribution in [0, 0.1) is 11.3 Å². The van der Waals surface area contributed by atoms with Gasteiger partial charge in [-0.1, -0.05) is 36.8 Å². The van der Waals surface area contributed by atoms with E-state index in [-0.39, 0.29) is 50.3 Å². The molecule has 3 unspecified atom stereocenters. The van der Waals surface area contributed by atoms with Crippen molar-refractivity contribution in [1.82, 2.24) is 9.80 Å². The topological polar surface area (TPSA) is 90.3 Å². The number of β-amino-alcohol motifs (C(OH)–C–C–N with tert-alkyl or cyclic N) is 1. The Hall–Kier alpha value is -2.92. The number of halogens is 4. The molecule has 2 aliphatic carbocycles. The van der Waals surface area contributed by atoms with E-state index in [0.29, 0.717) is 37.4 Å². The van der Waals surface area contributed by atoms with Gasteiger partial charge in [0.25, 0.3) is 5.91 Å². The molecule has 5 rings (SSSR count). The Balaban J connectivity index is 1.17. The second kappa shape index (κ2) is 11.4. The highest BCUT2D eigenvalue weighted by atomic mass is 19.4. The second-order valence-corrected chi connectivity index (χ2v) is 11.9. The van der Waals surface area contributed by atoms with Crippen LogP contribution < -0.4 is 4.74 Å². The van der Waals surface area contributed by atoms with E-state index in [1.54, 1.807) is 30.3 Å². The minimum atomic E-state index is -4.16. The molecule has 4 aliphatic rings. The van der Waals surface area contributed by atoms with Gasteiger partial charge in [0.05, 0.1) is 18.1 Å². The van der Waals surface area contributed by atoms with Gasteiger partial charge in [-0.15, -0.1) is 0 Å². The number of carbonyl (C=O) groups excluding carboxylic acids is 1. The smallest absolute Gasteiger partial charge is 0.395 e. The number of benzene rings is 1. The number of carboxylic acids is 1. The van der Waals surface area contributed by atoms with Crippen LogP contribution in [0.1, 0.15) is 50.5 Å². The molecule has 0 spiro atoms. The first kappa shape index (κ1) is 29.6. The summed E-state index contributed by atoms with van der Waals surface area (Å²) in [6.45, 7) is 1.46. The van der Waals surface area contributed by atoms with Gasteiger partial charge in [0, 0.05) is 31.5 Å². The van der Waals surface area contributed by atoms with E-state index < -0.39 is 41.3 Å². The highest BCUT2D eigenvalue weighted by Crippen LogP contribution is 2.53. The summed E-state index contributed by atoms with van der Waals surface area (Å²) in [6, 6.07) is 5.36. The summed E-state index contributed by atoms with van der Waals surface area (Å²) >= 11 is 0. The first-order valence-corrected chi connectivity index (χ1v) is 14.2. The van der Waals surface area contributed by atoms with Gasteiger partial charge < -0.3 is 24.7 Å². The zero-order chi connectivity index (χ0) is 29.4. The lowest BCUT2D eigenvalue weighted by atomic mass is 9.67. The highest BCUT2D eigenvalue weighted by molar-refractivity contribution is 6.02. The number of carboxylic acid groups (broad SMARTS) is 1. The summed E-state index contributed by atoms with van der Waals surface area (Å²) in [5, 5.41) is 19.4. The van der Waals surface area contributed by atoms with Crippen molar-refractivity contribution in [2.75, 3.05) is 32.8 Å². The number of ether oxygens (including phenoxy) is 1. The molecule has 224 valence electrons. The fourth-order valence-corrected chi connectivity index (χ4v) is 6.48. The molecule has 0 aromatic heterocycles. The number of hydrogen-bond acceptors (Lipinski definition) is 5. The second-order valence-electron chi connectivity index (χ2n) is 11.9. The number of aliphatic carboxylic acids is 1. The van der Waals surface area contributed by atoms with Crippen molar-refractivity contribution in [3.63, 3.8) is 0 Å². The molecule has 0 bridgehead atoms. The Bertz CT molecular complexity index is 1190. The zero-order valence-corrected chi connectivity index (χ0v) is 22.8. The predicted octanol–water partition coefficient (Wildman–Crippen LogP) is 4.61. The fraction of sp³-hybridized carbons (Fsp3) is 0.600. The fourth-order valence-electron chi connectivity index (χ4n) is 6.48. The number of aliphatic hydroxyl groups excluding tert-OH is 1. The number of nitrogens with zero attached hydrogens (tertiary/aromatic N) is 2. The summed E-state index contributed by atoms with van der Waals surface area (Å²) in [5.41, 5.74) is -3.46. The Morgan fingerprint density at radius 2 is 1.78 bits per heavy atom. The Kier molecular flexibility index (Phi) is 8.22. The lowest BCUT2D eigenvalue weighted by molar-refractivity contribution is -0.256. The Morgan fingerprint density at radius 1 is 1.10 bits per heavy atom. The normalized spacial score (nSPS) is 28.7. The van der Waals surface area contributed by atoms with E-state index in [1.165, 1.54) is 12.2 Å². The zero-order valence-electron chi connectivity index (χ0n) is 22.8. The number of aliphatic hydroxyl groups is 1. The molecule has 7 nitrogen and oxygen atoms in total. The molecule has 0 radical (unpaired) electrons. The van der Waals surface area contributed by atoms with Crippen molar-refractivity contribution in [1.29, 1.82) is 0 Å². The maximum Gasteiger partial charge on any atom is 0.395 e. The molecule has 2 heterocycles. The minimum Gasteiger partial charge on any atom is -0.493 e. The van der Waals surface area contributed by atoms with Gasteiger partial charge in [0.15, 0.2) is 0 Å². The summed E-state index contributed by atoms with van der Waals surface area (Å²) in [6.07, 6.45) is 1.63. The van der Waals surface area contributed by atoms with Gasteiger partial charge in [0.1, 0.15) is 11.8 Å². The maximum absolute atomic E-state index is 16.4. The number of carbonyl (C=O) groups is 2. The molecule has 2 N–H and O–H groups in total. The predicted molar refractivity (Wildman–Crippen MR) is 143 cm³/mol. The quantitative estimate of drug-likeness (QED) is 0.437. The number of likely N-dealkylation sites (tertiary alicyclic amines) is 2. The highest BCUT2D eigenvalue weighted by Gasteiger charge is 2.58. The lowest BCUT2D eigenvalue weighted by Crippen LogP contribution is -2.53. The summed E-state index contributed by atoms with van der Waals surface area (Å²) in [7, 11) is 0. The molecule has 41 heavy (non-hydrogen) atoms. The van der Waals surface area contributed by atoms with Crippen LogP contribution in [0.15, 0.2) is 42.5 Å². The van der Waals surface area contributed by atoms with Gasteiger partial charge in [-0.25, -0.2) is 9.18 Å². The molecule has 1 amide bonds. The molecule has 3 fully saturated rings. The Labute approximate surface area is 236 Å². The van der Waals surface area contributed by atoms with Crippen LogP contribution in [0.4, 0.5) is 17.6 Å². The van der Waals surface area contributed by atoms with E-state index in [9.17, 15) is 33.0 Å². The molecular formula is C30H36F4N2O5. The van der Waals surface area contributed by atoms with Crippen LogP contribution in [-0.4, -0.2) is 88.7 Å². The van der Waals surface area contributed by atoms with Crippen LogP contribution in [-0.2, 0) is 9.59 Å². The van der Waals surface area contributed by atoms with Crippen molar-refractivity contribution >= 4 is 17.4 Å². The number of alkyl halides is 4. The van der Waals surface area contributed by atoms with Crippen LogP contribution in [0.2, 0.25) is 0 Å². The van der Waals surface area contributed by atoms with E-state index in [4.69, 9.17) is 4.74 Å². The lowest BCUT2D eigenvalue weighted by Gasteiger charge is -2.47. The SMILES string of the molecule is O=C(O)C1CC(O)CN1C(=O)C1(F)CC=CC=C1c1ccc(OCC2CCN(CC3(C(F)(F)F)CCC3)CC2)cc1. The summed E-state index contributed by atoms with van der Waals surface area (Å²) in [5.74, 6) is -1.50. The van der Waals surface area contributed by atoms with E-state index in [2.05, 4.69) is 0 Å². The van der Waals surface area contributed by atoms with Crippen molar-refractivity contribution in [2.45, 2.75) is 68.9 Å². The van der Waals surface area contributed by atoms with E-state index in [1.807, 2.05) is 4.90 Å². The first-order chi connectivity index (χ1) is 19.4. The number of hydrogen-bond donors (Lipinski definition) is 2. The number of piperidine rings is 1. The van der Waals surface area contributed by atoms with Gasteiger partial charge in [-0.3, -0.25) is 4.79 Å². The average Bonchev–Trinajstić information content (AvgIpc) is 3.31. The van der Waals surface area contributed by atoms with Crippen molar-refractivity contribution in [2.24, 2.45) is 11.3 Å². The van der Waals surface area contributed by atoms with Crippen LogP contribution >= 0.6 is 0 Å². The molecule has 2 aliphatic heterocycles. The van der Waals surface area contributed by atoms with E-state index in [0.717, 1.165) is 17.7 Å². The molecule has 2 saturated heterocycles. The van der Waals surface area contributed by atoms with Gasteiger partial charge in [-0.05, 0) is 62.4 Å². The minimum absolute atomic E-state index is 0.0739. The molecule has 1 aromatic carbocycles. The van der Waals surface area contributed by atoms with Crippen LogP contribution in [0.5, 0.6) is 5.75 Å². The maximum atomic E-state index is 16.4. The Morgan fingerprint density at radius 3 is 2.37 bits per heavy atom. The summed E-state index contributed by atoms with van der Waals surface area (Å²) < 4.78 is 62.9. The van der Waals surface area contributed by atoms with Gasteiger partial charge >= 0.3 is 12.1 Å². The van der Waals surface area contributed by atoms with E-state index >= 15 is 4.39 Å².